The Kier molecular flexibility index (Phi) is 5.73. The molecule has 1 aliphatic heterocycles. The summed E-state index contributed by atoms with van der Waals surface area (Å²) in [5.74, 6) is 0.127. The molecule has 3 heterocycles. The zero-order chi connectivity index (χ0) is 22.8. The van der Waals surface area contributed by atoms with Gasteiger partial charge in [0.25, 0.3) is 5.91 Å². The van der Waals surface area contributed by atoms with E-state index in [9.17, 15) is 9.18 Å². The molecule has 5 rings (SSSR count). The highest BCUT2D eigenvalue weighted by molar-refractivity contribution is 5.95. The van der Waals surface area contributed by atoms with Gasteiger partial charge in [-0.25, -0.2) is 9.37 Å². The van der Waals surface area contributed by atoms with E-state index >= 15 is 0 Å². The van der Waals surface area contributed by atoms with Crippen LogP contribution in [0.5, 0.6) is 0 Å². The van der Waals surface area contributed by atoms with E-state index in [1.165, 1.54) is 6.07 Å². The molecule has 1 atom stereocenters. The zero-order valence-electron chi connectivity index (χ0n) is 18.4. The third kappa shape index (κ3) is 4.41. The van der Waals surface area contributed by atoms with Crippen molar-refractivity contribution in [3.63, 3.8) is 0 Å². The monoisotopic (exact) mass is 444 g/mol. The van der Waals surface area contributed by atoms with Crippen LogP contribution >= 0.6 is 0 Å². The summed E-state index contributed by atoms with van der Waals surface area (Å²) in [5, 5.41) is 11.1. The highest BCUT2D eigenvalue weighted by Crippen LogP contribution is 2.25. The van der Waals surface area contributed by atoms with Crippen molar-refractivity contribution < 1.29 is 9.18 Å². The van der Waals surface area contributed by atoms with Crippen molar-refractivity contribution >= 4 is 17.4 Å². The number of aryl methyl sites for hydroxylation is 1. The van der Waals surface area contributed by atoms with Gasteiger partial charge in [0.2, 0.25) is 5.65 Å². The van der Waals surface area contributed by atoms with E-state index in [1.54, 1.807) is 24.7 Å². The molecule has 0 saturated carbocycles. The van der Waals surface area contributed by atoms with Crippen molar-refractivity contribution in [1.82, 2.24) is 24.9 Å². The van der Waals surface area contributed by atoms with Crippen molar-refractivity contribution in [1.29, 1.82) is 0 Å². The number of anilines is 1. The molecule has 0 aliphatic carbocycles. The summed E-state index contributed by atoms with van der Waals surface area (Å²) in [5.41, 5.74) is 3.60. The number of benzene rings is 2. The summed E-state index contributed by atoms with van der Waals surface area (Å²) in [7, 11) is 0. The second kappa shape index (κ2) is 8.97. The quantitative estimate of drug-likeness (QED) is 0.506. The molecule has 1 N–H and O–H groups in total. The molecule has 4 aromatic rings. The van der Waals surface area contributed by atoms with Gasteiger partial charge >= 0.3 is 0 Å². The Bertz CT molecular complexity index is 1290. The van der Waals surface area contributed by atoms with Gasteiger partial charge in [-0.1, -0.05) is 35.9 Å². The number of hydrogen-bond acceptors (Lipinski definition) is 5. The molecule has 8 heteroatoms. The van der Waals surface area contributed by atoms with Crippen LogP contribution in [0.3, 0.4) is 0 Å². The number of aromatic nitrogens is 4. The minimum atomic E-state index is -0.515. The first-order valence-electron chi connectivity index (χ1n) is 11.1. The van der Waals surface area contributed by atoms with E-state index in [2.05, 4.69) is 25.4 Å². The first kappa shape index (κ1) is 21.1. The lowest BCUT2D eigenvalue weighted by atomic mass is 9.97. The van der Waals surface area contributed by atoms with Crippen LogP contribution in [0.4, 0.5) is 10.2 Å². The smallest absolute Gasteiger partial charge is 0.254 e. The van der Waals surface area contributed by atoms with Gasteiger partial charge < -0.3 is 10.2 Å². The number of nitrogens with one attached hydrogen (secondary N) is 1. The van der Waals surface area contributed by atoms with E-state index in [-0.39, 0.29) is 11.5 Å². The summed E-state index contributed by atoms with van der Waals surface area (Å²) in [6, 6.07) is 12.6. The molecule has 168 valence electrons. The van der Waals surface area contributed by atoms with Gasteiger partial charge in [0.15, 0.2) is 5.82 Å². The number of piperidine rings is 1. The predicted octanol–water partition coefficient (Wildman–Crippen LogP) is 3.89. The maximum atomic E-state index is 14.7. The molecule has 2 aromatic heterocycles. The number of carbonyl (C=O) groups excluding carboxylic acids is 1. The fourth-order valence-electron chi connectivity index (χ4n) is 4.35. The van der Waals surface area contributed by atoms with E-state index in [1.807, 2.05) is 41.8 Å². The Hall–Kier alpha value is -3.81. The first-order chi connectivity index (χ1) is 16.1. The van der Waals surface area contributed by atoms with Crippen molar-refractivity contribution in [3.8, 4) is 11.1 Å². The maximum Gasteiger partial charge on any atom is 0.254 e. The average molecular weight is 445 g/mol. The highest BCUT2D eigenvalue weighted by atomic mass is 19.1. The number of amides is 1. The van der Waals surface area contributed by atoms with Crippen LogP contribution in [0, 0.1) is 18.7 Å². The second-order valence-electron chi connectivity index (χ2n) is 8.54. The summed E-state index contributed by atoms with van der Waals surface area (Å²) in [6.07, 6.45) is 7.18. The van der Waals surface area contributed by atoms with Gasteiger partial charge in [0, 0.05) is 32.0 Å². The molecule has 7 nitrogen and oxygen atoms in total. The molecule has 1 fully saturated rings. The fourth-order valence-corrected chi connectivity index (χ4v) is 4.35. The van der Waals surface area contributed by atoms with Crippen LogP contribution in [0.25, 0.3) is 16.8 Å². The minimum Gasteiger partial charge on any atom is -0.353 e. The molecular weight excluding hydrogens is 419 g/mol. The van der Waals surface area contributed by atoms with Gasteiger partial charge in [-0.15, -0.1) is 10.2 Å². The molecule has 33 heavy (non-hydrogen) atoms. The summed E-state index contributed by atoms with van der Waals surface area (Å²) in [4.78, 5) is 19.4. The topological polar surface area (TPSA) is 75.4 Å². The summed E-state index contributed by atoms with van der Waals surface area (Å²) < 4.78 is 16.6. The van der Waals surface area contributed by atoms with Gasteiger partial charge in [-0.05, 0) is 48.9 Å². The maximum absolute atomic E-state index is 14.7. The van der Waals surface area contributed by atoms with Crippen LogP contribution in [0.15, 0.2) is 61.2 Å². The van der Waals surface area contributed by atoms with E-state index in [4.69, 9.17) is 0 Å². The van der Waals surface area contributed by atoms with Gasteiger partial charge in [0.1, 0.15) is 12.1 Å². The molecule has 2 aromatic carbocycles. The van der Waals surface area contributed by atoms with E-state index in [0.717, 1.165) is 54.1 Å². The number of carbonyl (C=O) groups is 1. The van der Waals surface area contributed by atoms with Gasteiger partial charge in [-0.3, -0.25) is 9.20 Å². The number of fused-ring (bicyclic) bond motifs is 1. The van der Waals surface area contributed by atoms with Gasteiger partial charge in [0.05, 0.1) is 5.56 Å². The van der Waals surface area contributed by atoms with Crippen LogP contribution < -0.4 is 10.2 Å². The number of halogens is 1. The van der Waals surface area contributed by atoms with Crippen molar-refractivity contribution in [3.05, 3.63) is 78.1 Å². The van der Waals surface area contributed by atoms with Crippen molar-refractivity contribution in [2.45, 2.75) is 19.8 Å². The third-order valence-corrected chi connectivity index (χ3v) is 6.17. The first-order valence-corrected chi connectivity index (χ1v) is 11.1. The Morgan fingerprint density at radius 1 is 1.18 bits per heavy atom. The standard InChI is InChI=1S/C25H25FN6O/c1-17-4-6-19(7-5-17)20-8-9-21(22(26)13-20)25(33)28-14-18-3-2-11-31(15-18)23-24-30-29-16-32(24)12-10-27-23/h4-10,12-13,16,18H,2-3,11,14-15H2,1H3,(H,28,33). The van der Waals surface area contributed by atoms with Crippen LogP contribution in [0.1, 0.15) is 28.8 Å². The second-order valence-corrected chi connectivity index (χ2v) is 8.54. The summed E-state index contributed by atoms with van der Waals surface area (Å²) in [6.45, 7) is 4.10. The summed E-state index contributed by atoms with van der Waals surface area (Å²) >= 11 is 0. The lowest BCUT2D eigenvalue weighted by Crippen LogP contribution is -2.41. The van der Waals surface area contributed by atoms with Crippen LogP contribution in [-0.2, 0) is 0 Å². The molecule has 0 bridgehead atoms. The minimum absolute atomic E-state index is 0.0634. The Labute approximate surface area is 191 Å². The third-order valence-electron chi connectivity index (χ3n) is 6.17. The predicted molar refractivity (Wildman–Crippen MR) is 125 cm³/mol. The van der Waals surface area contributed by atoms with E-state index < -0.39 is 11.7 Å². The van der Waals surface area contributed by atoms with Gasteiger partial charge in [-0.2, -0.15) is 0 Å². The molecular formula is C25H25FN6O. The average Bonchev–Trinajstić information content (AvgIpc) is 3.32. The van der Waals surface area contributed by atoms with Crippen molar-refractivity contribution in [2.75, 3.05) is 24.5 Å². The fraction of sp³-hybridized carbons (Fsp3) is 0.280. The molecule has 1 aliphatic rings. The van der Waals surface area contributed by atoms with Crippen LogP contribution in [0.2, 0.25) is 0 Å². The normalized spacial score (nSPS) is 16.2. The Morgan fingerprint density at radius 3 is 2.82 bits per heavy atom. The zero-order valence-corrected chi connectivity index (χ0v) is 18.4. The Balaban J connectivity index is 1.23. The Morgan fingerprint density at radius 2 is 2.00 bits per heavy atom. The largest absolute Gasteiger partial charge is 0.353 e. The number of nitrogens with zero attached hydrogens (tertiary/aromatic N) is 5. The van der Waals surface area contributed by atoms with E-state index in [0.29, 0.717) is 6.54 Å². The SMILES string of the molecule is Cc1ccc(-c2ccc(C(=O)NCC3CCCN(c4nccn5cnnc45)C3)c(F)c2)cc1. The molecule has 1 unspecified atom stereocenters. The molecule has 0 spiro atoms. The van der Waals surface area contributed by atoms with Crippen molar-refractivity contribution in [2.24, 2.45) is 5.92 Å². The highest BCUT2D eigenvalue weighted by Gasteiger charge is 2.24. The van der Waals surface area contributed by atoms with Crippen LogP contribution in [-0.4, -0.2) is 45.1 Å². The number of hydrogen-bond donors (Lipinski definition) is 1. The molecule has 1 amide bonds. The molecule has 1 saturated heterocycles. The lowest BCUT2D eigenvalue weighted by molar-refractivity contribution is 0.0941. The molecule has 0 radical (unpaired) electrons. The lowest BCUT2D eigenvalue weighted by Gasteiger charge is -2.33. The number of rotatable bonds is 5.